The Bertz CT molecular complexity index is 855. The Labute approximate surface area is 147 Å². The third-order valence-electron chi connectivity index (χ3n) is 4.64. The molecule has 128 valence electrons. The molecule has 4 nitrogen and oxygen atoms in total. The van der Waals surface area contributed by atoms with Gasteiger partial charge in [-0.25, -0.2) is 9.97 Å². The van der Waals surface area contributed by atoms with E-state index in [9.17, 15) is 0 Å². The predicted molar refractivity (Wildman–Crippen MR) is 98.8 cm³/mol. The number of hydrogen-bond donors (Lipinski definition) is 0. The summed E-state index contributed by atoms with van der Waals surface area (Å²) in [6, 6.07) is 12.6. The van der Waals surface area contributed by atoms with Crippen LogP contribution in [0.4, 0.5) is 0 Å². The second-order valence-electron chi connectivity index (χ2n) is 6.54. The molecule has 0 radical (unpaired) electrons. The SMILES string of the molecule is Cc1ncc(-c2ccc3cc(OCC4CCCCO4)ccc3c2)cn1. The molecule has 25 heavy (non-hydrogen) atoms. The van der Waals surface area contributed by atoms with E-state index in [-0.39, 0.29) is 6.10 Å². The highest BCUT2D eigenvalue weighted by atomic mass is 16.5. The molecule has 0 N–H and O–H groups in total. The van der Waals surface area contributed by atoms with Crippen molar-refractivity contribution in [1.82, 2.24) is 9.97 Å². The quantitative estimate of drug-likeness (QED) is 0.702. The van der Waals surface area contributed by atoms with Gasteiger partial charge in [-0.1, -0.05) is 18.2 Å². The molecule has 0 spiro atoms. The highest BCUT2D eigenvalue weighted by Gasteiger charge is 2.14. The molecule has 1 fully saturated rings. The van der Waals surface area contributed by atoms with E-state index < -0.39 is 0 Å². The maximum atomic E-state index is 5.94. The minimum Gasteiger partial charge on any atom is -0.491 e. The van der Waals surface area contributed by atoms with Crippen molar-refractivity contribution in [3.8, 4) is 16.9 Å². The fourth-order valence-corrected chi connectivity index (χ4v) is 3.16. The molecule has 0 saturated carbocycles. The predicted octanol–water partition coefficient (Wildman–Crippen LogP) is 4.55. The minimum atomic E-state index is 0.230. The van der Waals surface area contributed by atoms with Gasteiger partial charge in [0, 0.05) is 24.6 Å². The topological polar surface area (TPSA) is 44.2 Å². The van der Waals surface area contributed by atoms with Crippen LogP contribution in [-0.2, 0) is 4.74 Å². The van der Waals surface area contributed by atoms with Crippen LogP contribution in [0.3, 0.4) is 0 Å². The fraction of sp³-hybridized carbons (Fsp3) is 0.333. The summed E-state index contributed by atoms with van der Waals surface area (Å²) in [7, 11) is 0. The van der Waals surface area contributed by atoms with Crippen molar-refractivity contribution in [1.29, 1.82) is 0 Å². The van der Waals surface area contributed by atoms with Crippen molar-refractivity contribution in [2.75, 3.05) is 13.2 Å². The summed E-state index contributed by atoms with van der Waals surface area (Å²) >= 11 is 0. The molecular formula is C21H22N2O2. The van der Waals surface area contributed by atoms with E-state index in [1.165, 1.54) is 23.6 Å². The van der Waals surface area contributed by atoms with Crippen molar-refractivity contribution in [2.45, 2.75) is 32.3 Å². The molecule has 1 aliphatic heterocycles. The number of benzene rings is 2. The minimum absolute atomic E-state index is 0.230. The van der Waals surface area contributed by atoms with Gasteiger partial charge in [0.15, 0.2) is 0 Å². The summed E-state index contributed by atoms with van der Waals surface area (Å²) in [5, 5.41) is 2.35. The summed E-state index contributed by atoms with van der Waals surface area (Å²) in [6.07, 6.45) is 7.46. The first-order valence-corrected chi connectivity index (χ1v) is 8.85. The van der Waals surface area contributed by atoms with E-state index >= 15 is 0 Å². The van der Waals surface area contributed by atoms with Crippen LogP contribution in [0, 0.1) is 6.92 Å². The maximum absolute atomic E-state index is 5.94. The Morgan fingerprint density at radius 1 is 1.00 bits per heavy atom. The third-order valence-corrected chi connectivity index (χ3v) is 4.64. The zero-order valence-corrected chi connectivity index (χ0v) is 14.4. The maximum Gasteiger partial charge on any atom is 0.125 e. The van der Waals surface area contributed by atoms with E-state index in [2.05, 4.69) is 40.3 Å². The number of aromatic nitrogens is 2. The van der Waals surface area contributed by atoms with Crippen LogP contribution >= 0.6 is 0 Å². The van der Waals surface area contributed by atoms with Gasteiger partial charge < -0.3 is 9.47 Å². The Morgan fingerprint density at radius 3 is 2.60 bits per heavy atom. The molecule has 4 heteroatoms. The van der Waals surface area contributed by atoms with Gasteiger partial charge in [-0.05, 0) is 60.7 Å². The first kappa shape index (κ1) is 16.0. The molecule has 0 amide bonds. The van der Waals surface area contributed by atoms with Crippen LogP contribution in [0.5, 0.6) is 5.75 Å². The highest BCUT2D eigenvalue weighted by Crippen LogP contribution is 2.27. The van der Waals surface area contributed by atoms with Gasteiger partial charge in [-0.3, -0.25) is 0 Å². The number of aryl methyl sites for hydroxylation is 1. The van der Waals surface area contributed by atoms with Gasteiger partial charge >= 0.3 is 0 Å². The van der Waals surface area contributed by atoms with Crippen LogP contribution in [-0.4, -0.2) is 29.3 Å². The van der Waals surface area contributed by atoms with E-state index in [1.807, 2.05) is 25.4 Å². The molecule has 2 heterocycles. The van der Waals surface area contributed by atoms with E-state index in [1.54, 1.807) is 0 Å². The molecule has 1 aromatic heterocycles. The molecule has 0 bridgehead atoms. The zero-order chi connectivity index (χ0) is 17.1. The van der Waals surface area contributed by atoms with E-state index in [0.29, 0.717) is 6.61 Å². The van der Waals surface area contributed by atoms with Crippen molar-refractivity contribution < 1.29 is 9.47 Å². The summed E-state index contributed by atoms with van der Waals surface area (Å²) in [6.45, 7) is 3.38. The van der Waals surface area contributed by atoms with Crippen LogP contribution in [0.1, 0.15) is 25.1 Å². The summed E-state index contributed by atoms with van der Waals surface area (Å²) in [5.74, 6) is 1.68. The van der Waals surface area contributed by atoms with E-state index in [0.717, 1.165) is 35.7 Å². The largest absolute Gasteiger partial charge is 0.491 e. The molecular weight excluding hydrogens is 312 g/mol. The van der Waals surface area contributed by atoms with Gasteiger partial charge in [0.1, 0.15) is 18.2 Å². The first-order chi connectivity index (χ1) is 12.3. The Hall–Kier alpha value is -2.46. The normalized spacial score (nSPS) is 17.6. The van der Waals surface area contributed by atoms with Gasteiger partial charge in [-0.2, -0.15) is 0 Å². The summed E-state index contributed by atoms with van der Waals surface area (Å²) < 4.78 is 11.7. The monoisotopic (exact) mass is 334 g/mol. The lowest BCUT2D eigenvalue weighted by Crippen LogP contribution is -2.25. The highest BCUT2D eigenvalue weighted by molar-refractivity contribution is 5.88. The molecule has 1 unspecified atom stereocenters. The average Bonchev–Trinajstić information content (AvgIpc) is 2.67. The second kappa shape index (κ2) is 7.19. The molecule has 3 aromatic rings. The van der Waals surface area contributed by atoms with Crippen molar-refractivity contribution >= 4 is 10.8 Å². The summed E-state index contributed by atoms with van der Waals surface area (Å²) in [4.78, 5) is 8.55. The summed E-state index contributed by atoms with van der Waals surface area (Å²) in [5.41, 5.74) is 2.15. The Balaban J connectivity index is 1.51. The number of ether oxygens (including phenoxy) is 2. The zero-order valence-electron chi connectivity index (χ0n) is 14.4. The Kier molecular flexibility index (Phi) is 4.61. The van der Waals surface area contributed by atoms with Crippen molar-refractivity contribution in [2.24, 2.45) is 0 Å². The number of rotatable bonds is 4. The van der Waals surface area contributed by atoms with Gasteiger partial charge in [0.05, 0.1) is 6.10 Å². The van der Waals surface area contributed by atoms with Gasteiger partial charge in [0.25, 0.3) is 0 Å². The Morgan fingerprint density at radius 2 is 1.80 bits per heavy atom. The van der Waals surface area contributed by atoms with Crippen LogP contribution in [0.25, 0.3) is 21.9 Å². The molecule has 0 aliphatic carbocycles. The fourth-order valence-electron chi connectivity index (χ4n) is 3.16. The van der Waals surface area contributed by atoms with Crippen LogP contribution in [0.2, 0.25) is 0 Å². The smallest absolute Gasteiger partial charge is 0.125 e. The lowest BCUT2D eigenvalue weighted by molar-refractivity contribution is -0.0110. The first-order valence-electron chi connectivity index (χ1n) is 8.85. The second-order valence-corrected chi connectivity index (χ2v) is 6.54. The average molecular weight is 334 g/mol. The molecule has 1 aliphatic rings. The molecule has 1 saturated heterocycles. The molecule has 2 aromatic carbocycles. The molecule has 4 rings (SSSR count). The molecule has 1 atom stereocenters. The van der Waals surface area contributed by atoms with Crippen molar-refractivity contribution in [3.63, 3.8) is 0 Å². The van der Waals surface area contributed by atoms with Crippen LogP contribution < -0.4 is 4.74 Å². The lowest BCUT2D eigenvalue weighted by Gasteiger charge is -2.22. The van der Waals surface area contributed by atoms with Gasteiger partial charge in [0.2, 0.25) is 0 Å². The third kappa shape index (κ3) is 3.80. The number of hydrogen-bond acceptors (Lipinski definition) is 4. The van der Waals surface area contributed by atoms with Crippen molar-refractivity contribution in [3.05, 3.63) is 54.6 Å². The van der Waals surface area contributed by atoms with Crippen LogP contribution in [0.15, 0.2) is 48.8 Å². The number of nitrogens with zero attached hydrogens (tertiary/aromatic N) is 2. The lowest BCUT2D eigenvalue weighted by atomic mass is 10.0. The standard InChI is InChI=1S/C21H22N2O2/c1-15-22-12-19(13-23-15)17-5-6-18-11-20(8-7-16(18)10-17)25-14-21-4-2-3-9-24-21/h5-8,10-13,21H,2-4,9,14H2,1H3. The number of fused-ring (bicyclic) bond motifs is 1. The van der Waals surface area contributed by atoms with E-state index in [4.69, 9.17) is 9.47 Å². The van der Waals surface area contributed by atoms with Gasteiger partial charge in [-0.15, -0.1) is 0 Å².